The zero-order valence-electron chi connectivity index (χ0n) is 10.9. The summed E-state index contributed by atoms with van der Waals surface area (Å²) in [5.41, 5.74) is 8.04. The van der Waals surface area contributed by atoms with Gasteiger partial charge in [-0.15, -0.1) is 0 Å². The van der Waals surface area contributed by atoms with Crippen molar-refractivity contribution in [3.05, 3.63) is 65.7 Å². The fourth-order valence-electron chi connectivity index (χ4n) is 1.70. The van der Waals surface area contributed by atoms with Gasteiger partial charge in [-0.05, 0) is 23.3 Å². The molecule has 2 aromatic carbocycles. The van der Waals surface area contributed by atoms with Crippen LogP contribution in [0.1, 0.15) is 11.1 Å². The minimum absolute atomic E-state index is 0.577. The van der Waals surface area contributed by atoms with Gasteiger partial charge in [0.15, 0.2) is 0 Å². The molecular weight excluding hydrogens is 254 g/mol. The quantitative estimate of drug-likeness (QED) is 0.785. The molecule has 2 rings (SSSR count). The molecule has 2 nitrogen and oxygen atoms in total. The molecule has 100 valence electrons. The third-order valence-corrected chi connectivity index (χ3v) is 3.76. The maximum atomic E-state index is 5.68. The first-order valence-corrected chi connectivity index (χ1v) is 7.57. The Hall–Kier alpha value is -1.45. The lowest BCUT2D eigenvalue weighted by Gasteiger charge is -2.06. The molecule has 0 aliphatic rings. The summed E-state index contributed by atoms with van der Waals surface area (Å²) in [6.07, 6.45) is 0. The van der Waals surface area contributed by atoms with Crippen molar-refractivity contribution in [2.75, 3.05) is 12.4 Å². The predicted molar refractivity (Wildman–Crippen MR) is 82.4 cm³/mol. The van der Waals surface area contributed by atoms with E-state index in [1.807, 2.05) is 42.1 Å². The van der Waals surface area contributed by atoms with Crippen molar-refractivity contribution >= 4 is 11.8 Å². The van der Waals surface area contributed by atoms with Crippen LogP contribution in [-0.4, -0.2) is 12.4 Å². The Morgan fingerprint density at radius 2 is 1.63 bits per heavy atom. The highest BCUT2D eigenvalue weighted by atomic mass is 32.2. The molecule has 0 aromatic heterocycles. The van der Waals surface area contributed by atoms with Gasteiger partial charge in [-0.2, -0.15) is 11.8 Å². The highest BCUT2D eigenvalue weighted by Crippen LogP contribution is 2.14. The van der Waals surface area contributed by atoms with Gasteiger partial charge < -0.3 is 10.5 Å². The van der Waals surface area contributed by atoms with Gasteiger partial charge in [0.2, 0.25) is 0 Å². The van der Waals surface area contributed by atoms with Crippen molar-refractivity contribution in [3.8, 4) is 5.75 Å². The molecule has 0 aliphatic carbocycles. The minimum atomic E-state index is 0.577. The van der Waals surface area contributed by atoms with Crippen molar-refractivity contribution in [3.63, 3.8) is 0 Å². The number of rotatable bonds is 7. The summed E-state index contributed by atoms with van der Waals surface area (Å²) in [4.78, 5) is 0. The van der Waals surface area contributed by atoms with Crippen LogP contribution in [0, 0.1) is 0 Å². The summed E-state index contributed by atoms with van der Waals surface area (Å²) in [7, 11) is 0. The molecule has 2 aromatic rings. The van der Waals surface area contributed by atoms with Gasteiger partial charge in [0.1, 0.15) is 5.75 Å². The largest absolute Gasteiger partial charge is 0.493 e. The maximum absolute atomic E-state index is 5.68. The lowest BCUT2D eigenvalue weighted by Crippen LogP contribution is -2.01. The Morgan fingerprint density at radius 1 is 0.895 bits per heavy atom. The van der Waals surface area contributed by atoms with Crippen LogP contribution in [0.25, 0.3) is 0 Å². The Morgan fingerprint density at radius 3 is 2.32 bits per heavy atom. The molecular formula is C16H19NOS. The van der Waals surface area contributed by atoms with Crippen LogP contribution in [0.3, 0.4) is 0 Å². The third kappa shape index (κ3) is 4.97. The molecule has 0 aliphatic heterocycles. The molecule has 0 saturated carbocycles. The Labute approximate surface area is 119 Å². The van der Waals surface area contributed by atoms with E-state index in [9.17, 15) is 0 Å². The van der Waals surface area contributed by atoms with Gasteiger partial charge in [-0.1, -0.05) is 42.5 Å². The maximum Gasteiger partial charge on any atom is 0.119 e. The molecule has 0 fully saturated rings. The van der Waals surface area contributed by atoms with Crippen LogP contribution in [0.15, 0.2) is 54.6 Å². The molecule has 0 amide bonds. The van der Waals surface area contributed by atoms with Gasteiger partial charge in [0.05, 0.1) is 6.61 Å². The van der Waals surface area contributed by atoms with Crippen molar-refractivity contribution in [1.29, 1.82) is 0 Å². The first-order chi connectivity index (χ1) is 9.38. The van der Waals surface area contributed by atoms with E-state index in [1.54, 1.807) is 0 Å². The second-order valence-corrected chi connectivity index (χ2v) is 5.34. The van der Waals surface area contributed by atoms with Crippen LogP contribution in [-0.2, 0) is 12.3 Å². The fourth-order valence-corrected chi connectivity index (χ4v) is 2.48. The van der Waals surface area contributed by atoms with Crippen LogP contribution >= 0.6 is 11.8 Å². The number of thioether (sulfide) groups is 1. The van der Waals surface area contributed by atoms with E-state index in [2.05, 4.69) is 24.3 Å². The van der Waals surface area contributed by atoms with Crippen molar-refractivity contribution < 1.29 is 4.74 Å². The third-order valence-electron chi connectivity index (χ3n) is 2.77. The first-order valence-electron chi connectivity index (χ1n) is 6.42. The van der Waals surface area contributed by atoms with E-state index in [0.717, 1.165) is 29.4 Å². The fraction of sp³-hybridized carbons (Fsp3) is 0.250. The SMILES string of the molecule is NCc1ccc(OCCSCc2ccccc2)cc1. The van der Waals surface area contributed by atoms with E-state index in [4.69, 9.17) is 10.5 Å². The molecule has 0 unspecified atom stereocenters. The van der Waals surface area contributed by atoms with E-state index >= 15 is 0 Å². The Kier molecular flexibility index (Phi) is 5.79. The normalized spacial score (nSPS) is 10.4. The molecule has 0 bridgehead atoms. The summed E-state index contributed by atoms with van der Waals surface area (Å²) in [5, 5.41) is 0. The number of nitrogens with two attached hydrogens (primary N) is 1. The van der Waals surface area contributed by atoms with Crippen LogP contribution in [0.4, 0.5) is 0 Å². The smallest absolute Gasteiger partial charge is 0.119 e. The molecule has 2 N–H and O–H groups in total. The molecule has 0 saturated heterocycles. The molecule has 3 heteroatoms. The molecule has 0 spiro atoms. The minimum Gasteiger partial charge on any atom is -0.493 e. The summed E-state index contributed by atoms with van der Waals surface area (Å²) >= 11 is 1.89. The van der Waals surface area contributed by atoms with Gasteiger partial charge >= 0.3 is 0 Å². The van der Waals surface area contributed by atoms with Gasteiger partial charge in [0, 0.05) is 18.1 Å². The Balaban J connectivity index is 1.63. The van der Waals surface area contributed by atoms with E-state index in [-0.39, 0.29) is 0 Å². The molecule has 0 heterocycles. The zero-order chi connectivity index (χ0) is 13.3. The zero-order valence-corrected chi connectivity index (χ0v) is 11.7. The van der Waals surface area contributed by atoms with Crippen molar-refractivity contribution in [2.24, 2.45) is 5.73 Å². The van der Waals surface area contributed by atoms with E-state index < -0.39 is 0 Å². The van der Waals surface area contributed by atoms with Crippen molar-refractivity contribution in [2.45, 2.75) is 12.3 Å². The van der Waals surface area contributed by atoms with Gasteiger partial charge in [-0.3, -0.25) is 0 Å². The van der Waals surface area contributed by atoms with Gasteiger partial charge in [-0.25, -0.2) is 0 Å². The van der Waals surface area contributed by atoms with Gasteiger partial charge in [0.25, 0.3) is 0 Å². The topological polar surface area (TPSA) is 35.2 Å². The summed E-state index contributed by atoms with van der Waals surface area (Å²) in [6.45, 7) is 1.31. The van der Waals surface area contributed by atoms with E-state index in [0.29, 0.717) is 6.54 Å². The Bertz CT molecular complexity index is 470. The monoisotopic (exact) mass is 273 g/mol. The van der Waals surface area contributed by atoms with Crippen LogP contribution < -0.4 is 10.5 Å². The summed E-state index contributed by atoms with van der Waals surface area (Å²) in [5.74, 6) is 2.95. The molecule has 19 heavy (non-hydrogen) atoms. The van der Waals surface area contributed by atoms with Crippen molar-refractivity contribution in [1.82, 2.24) is 0 Å². The second kappa shape index (κ2) is 7.87. The highest BCUT2D eigenvalue weighted by molar-refractivity contribution is 7.98. The predicted octanol–water partition coefficient (Wildman–Crippen LogP) is 3.46. The lowest BCUT2D eigenvalue weighted by atomic mass is 10.2. The van der Waals surface area contributed by atoms with Crippen LogP contribution in [0.2, 0.25) is 0 Å². The molecule has 0 atom stereocenters. The summed E-state index contributed by atoms with van der Waals surface area (Å²) < 4.78 is 5.68. The first kappa shape index (κ1) is 14.0. The standard InChI is InChI=1S/C16H19NOS/c17-12-14-6-8-16(9-7-14)18-10-11-19-13-15-4-2-1-3-5-15/h1-9H,10-13,17H2. The average molecular weight is 273 g/mol. The summed E-state index contributed by atoms with van der Waals surface area (Å²) in [6, 6.07) is 18.5. The second-order valence-electron chi connectivity index (χ2n) is 4.23. The van der Waals surface area contributed by atoms with Crippen LogP contribution in [0.5, 0.6) is 5.75 Å². The highest BCUT2D eigenvalue weighted by Gasteiger charge is 1.96. The number of ether oxygens (including phenoxy) is 1. The molecule has 0 radical (unpaired) electrons. The van der Waals surface area contributed by atoms with E-state index in [1.165, 1.54) is 5.56 Å². The number of benzene rings is 2. The number of hydrogen-bond donors (Lipinski definition) is 1. The average Bonchev–Trinajstić information content (AvgIpc) is 2.49. The lowest BCUT2D eigenvalue weighted by molar-refractivity contribution is 0.344. The number of hydrogen-bond acceptors (Lipinski definition) is 3.